The van der Waals surface area contributed by atoms with Crippen LogP contribution in [0, 0.1) is 0 Å². The number of phosphoric ester groups is 1. The van der Waals surface area contributed by atoms with Crippen LogP contribution >= 0.6 is 19.2 Å². The summed E-state index contributed by atoms with van der Waals surface area (Å²) in [6.07, 6.45) is -2.75. The molecule has 3 heterocycles. The molecule has 42 heavy (non-hydrogen) atoms. The number of halogens is 3. The second-order valence-electron chi connectivity index (χ2n) is 10.6. The Kier molecular flexibility index (Phi) is 10.00. The molecule has 230 valence electrons. The molecule has 0 radical (unpaired) electrons. The lowest BCUT2D eigenvalue weighted by Gasteiger charge is -2.32. The molecule has 0 atom stereocenters. The smallest absolute Gasteiger partial charge is 0.477 e. The van der Waals surface area contributed by atoms with E-state index < -0.39 is 43.4 Å². The number of anilines is 1. The van der Waals surface area contributed by atoms with Crippen LogP contribution in [0.3, 0.4) is 0 Å². The summed E-state index contributed by atoms with van der Waals surface area (Å²) in [5.74, 6) is -1.07. The highest BCUT2D eigenvalue weighted by molar-refractivity contribution is 7.48. The van der Waals surface area contributed by atoms with E-state index >= 15 is 0 Å². The lowest BCUT2D eigenvalue weighted by molar-refractivity contribution is -0.137. The molecule has 0 aliphatic rings. The van der Waals surface area contributed by atoms with Crippen LogP contribution in [0.15, 0.2) is 30.0 Å². The number of nitrogens with zero attached hydrogens (tertiary/aromatic N) is 5. The van der Waals surface area contributed by atoms with Crippen molar-refractivity contribution in [3.63, 3.8) is 0 Å². The van der Waals surface area contributed by atoms with Gasteiger partial charge < -0.3 is 9.47 Å². The Morgan fingerprint density at radius 1 is 0.929 bits per heavy atom. The van der Waals surface area contributed by atoms with Crippen LogP contribution in [0.1, 0.15) is 57.5 Å². The lowest BCUT2D eigenvalue weighted by Crippen LogP contribution is -2.35. The van der Waals surface area contributed by atoms with Gasteiger partial charge in [-0.1, -0.05) is 0 Å². The van der Waals surface area contributed by atoms with Crippen LogP contribution < -0.4 is 14.4 Å². The number of rotatable bonds is 10. The number of methoxy groups -OCH3 is 2. The van der Waals surface area contributed by atoms with Gasteiger partial charge in [-0.3, -0.25) is 28.2 Å². The van der Waals surface area contributed by atoms with Gasteiger partial charge >= 0.3 is 14.0 Å². The van der Waals surface area contributed by atoms with Gasteiger partial charge in [-0.05, 0) is 53.7 Å². The van der Waals surface area contributed by atoms with E-state index in [2.05, 4.69) is 19.9 Å². The predicted octanol–water partition coefficient (Wildman–Crippen LogP) is 6.39. The number of phosphoric acid groups is 1. The van der Waals surface area contributed by atoms with Gasteiger partial charge in [-0.25, -0.2) is 19.5 Å². The number of hydrogen-bond acceptors (Lipinski definition) is 12. The van der Waals surface area contributed by atoms with Crippen molar-refractivity contribution in [3.05, 3.63) is 41.2 Å². The number of aromatic nitrogens is 4. The highest BCUT2D eigenvalue weighted by Gasteiger charge is 2.39. The fourth-order valence-electron chi connectivity index (χ4n) is 3.27. The second kappa shape index (κ2) is 12.6. The second-order valence-corrected chi connectivity index (χ2v) is 12.9. The topological polar surface area (TPSA) is 135 Å². The molecule has 3 aromatic rings. The minimum Gasteiger partial charge on any atom is -0.480 e. The van der Waals surface area contributed by atoms with Crippen LogP contribution in [0.5, 0.6) is 11.8 Å². The average Bonchev–Trinajstić information content (AvgIpc) is 3.35. The molecule has 0 aromatic carbocycles. The van der Waals surface area contributed by atoms with Crippen molar-refractivity contribution in [3.8, 4) is 23.1 Å². The first-order chi connectivity index (χ1) is 19.4. The molecular weight excluding hydrogens is 602 g/mol. The highest BCUT2D eigenvalue weighted by Crippen LogP contribution is 2.55. The molecule has 0 N–H and O–H groups in total. The predicted molar refractivity (Wildman–Crippen MR) is 148 cm³/mol. The highest BCUT2D eigenvalue weighted by atomic mass is 32.1. The summed E-state index contributed by atoms with van der Waals surface area (Å²) in [5, 5.41) is 1.49. The summed E-state index contributed by atoms with van der Waals surface area (Å²) < 4.78 is 80.2. The van der Waals surface area contributed by atoms with Crippen LogP contribution in [0.2, 0.25) is 0 Å². The Morgan fingerprint density at radius 2 is 1.50 bits per heavy atom. The first-order valence-corrected chi connectivity index (χ1v) is 14.6. The Bertz CT molecular complexity index is 1400. The lowest BCUT2D eigenvalue weighted by atomic mass is 10.2. The zero-order chi connectivity index (χ0) is 31.5. The van der Waals surface area contributed by atoms with Crippen LogP contribution in [-0.4, -0.2) is 58.0 Å². The van der Waals surface area contributed by atoms with Gasteiger partial charge in [0.15, 0.2) is 10.7 Å². The number of alkyl halides is 3. The van der Waals surface area contributed by atoms with E-state index in [0.29, 0.717) is 6.20 Å². The molecule has 3 aromatic heterocycles. The number of amides is 1. The number of pyridine rings is 1. The van der Waals surface area contributed by atoms with E-state index in [4.69, 9.17) is 23.0 Å². The van der Waals surface area contributed by atoms with Crippen LogP contribution in [0.4, 0.5) is 18.3 Å². The van der Waals surface area contributed by atoms with Gasteiger partial charge in [0.05, 0.1) is 36.7 Å². The maximum absolute atomic E-state index is 14.0. The minimum atomic E-state index is -4.56. The minimum absolute atomic E-state index is 0.00252. The molecule has 0 saturated heterocycles. The third-order valence-electron chi connectivity index (χ3n) is 4.82. The van der Waals surface area contributed by atoms with Crippen molar-refractivity contribution < 1.29 is 45.6 Å². The quantitative estimate of drug-likeness (QED) is 0.182. The van der Waals surface area contributed by atoms with Crippen molar-refractivity contribution in [2.75, 3.05) is 25.9 Å². The summed E-state index contributed by atoms with van der Waals surface area (Å²) in [5.41, 5.74) is -2.75. The zero-order valence-electron chi connectivity index (χ0n) is 24.2. The summed E-state index contributed by atoms with van der Waals surface area (Å²) >= 11 is 0.947. The number of hydrogen-bond donors (Lipinski definition) is 0. The van der Waals surface area contributed by atoms with Crippen LogP contribution in [0.25, 0.3) is 11.4 Å². The molecule has 0 aliphatic carbocycles. The van der Waals surface area contributed by atoms with Crippen molar-refractivity contribution in [2.24, 2.45) is 0 Å². The van der Waals surface area contributed by atoms with Gasteiger partial charge in [0.25, 0.3) is 5.91 Å². The summed E-state index contributed by atoms with van der Waals surface area (Å²) in [6.45, 7) is 9.21. The van der Waals surface area contributed by atoms with E-state index in [1.807, 2.05) is 0 Å². The SMILES string of the molecule is COc1ncnc(OC)c1C(=O)N(COP(=O)(OC(C)(C)C)OC(C)(C)C)c1nc(-c2ccc(C(F)(F)F)cn2)cs1. The maximum atomic E-state index is 14.0. The van der Waals surface area contributed by atoms with E-state index in [1.54, 1.807) is 41.5 Å². The molecule has 17 heteroatoms. The van der Waals surface area contributed by atoms with E-state index in [-0.39, 0.29) is 33.8 Å². The molecule has 0 saturated carbocycles. The number of thiazole rings is 1. The molecule has 0 aliphatic heterocycles. The summed E-state index contributed by atoms with van der Waals surface area (Å²) in [4.78, 5) is 31.1. The number of carbonyl (C=O) groups excluding carboxylic acids is 1. The first-order valence-electron chi connectivity index (χ1n) is 12.3. The standard InChI is InChI=1S/C25H31F3N5O7PS/c1-23(2,3)39-41(35,40-24(4,5)6)38-14-33(21(34)18-19(36-7)30-13-31-20(18)37-8)22-32-17(12-42-22)16-10-9-15(11-29-16)25(26,27)28/h9-13H,14H2,1-8H3. The van der Waals surface area contributed by atoms with Gasteiger partial charge in [-0.15, -0.1) is 11.3 Å². The number of ether oxygens (including phenoxy) is 2. The fraction of sp³-hybridized carbons (Fsp3) is 0.480. The van der Waals surface area contributed by atoms with E-state index in [0.717, 1.165) is 34.7 Å². The zero-order valence-corrected chi connectivity index (χ0v) is 25.9. The monoisotopic (exact) mass is 633 g/mol. The first kappa shape index (κ1) is 33.3. The maximum Gasteiger partial charge on any atom is 0.477 e. The van der Waals surface area contributed by atoms with Crippen molar-refractivity contribution in [1.29, 1.82) is 0 Å². The normalized spacial score (nSPS) is 12.7. The van der Waals surface area contributed by atoms with Gasteiger partial charge in [-0.2, -0.15) is 13.2 Å². The largest absolute Gasteiger partial charge is 0.480 e. The van der Waals surface area contributed by atoms with Gasteiger partial charge in [0.2, 0.25) is 11.8 Å². The van der Waals surface area contributed by atoms with Crippen molar-refractivity contribution in [1.82, 2.24) is 19.9 Å². The average molecular weight is 634 g/mol. The number of carbonyl (C=O) groups is 1. The summed E-state index contributed by atoms with van der Waals surface area (Å²) in [7, 11) is -1.73. The van der Waals surface area contributed by atoms with Gasteiger partial charge in [0.1, 0.15) is 18.8 Å². The third-order valence-corrected chi connectivity index (χ3v) is 7.65. The Labute approximate surface area is 244 Å². The third kappa shape index (κ3) is 8.67. The van der Waals surface area contributed by atoms with Crippen molar-refractivity contribution >= 4 is 30.2 Å². The summed E-state index contributed by atoms with van der Waals surface area (Å²) in [6, 6.07) is 2.03. The van der Waals surface area contributed by atoms with Crippen LogP contribution in [-0.2, 0) is 24.3 Å². The Morgan fingerprint density at radius 3 is 1.95 bits per heavy atom. The van der Waals surface area contributed by atoms with E-state index in [9.17, 15) is 22.5 Å². The molecule has 3 rings (SSSR count). The molecule has 0 unspecified atom stereocenters. The molecule has 0 bridgehead atoms. The Hall–Kier alpha value is -3.17. The molecule has 12 nitrogen and oxygen atoms in total. The Balaban J connectivity index is 2.07. The molecule has 1 amide bonds. The molecular formula is C25H31F3N5O7PS. The van der Waals surface area contributed by atoms with Crippen molar-refractivity contribution in [2.45, 2.75) is 58.9 Å². The fourth-order valence-corrected chi connectivity index (χ4v) is 5.82. The van der Waals surface area contributed by atoms with E-state index in [1.165, 1.54) is 19.6 Å². The molecule has 0 fully saturated rings. The van der Waals surface area contributed by atoms with Gasteiger partial charge in [0, 0.05) is 11.6 Å². The molecule has 0 spiro atoms.